The molecular formula is C25H26FN3O. The summed E-state index contributed by atoms with van der Waals surface area (Å²) in [7, 11) is 0. The average molecular weight is 404 g/mol. The van der Waals surface area contributed by atoms with Gasteiger partial charge in [0.05, 0.1) is 17.8 Å². The van der Waals surface area contributed by atoms with Crippen LogP contribution in [-0.2, 0) is 12.8 Å². The van der Waals surface area contributed by atoms with Crippen LogP contribution in [0.5, 0.6) is 0 Å². The molecule has 0 saturated heterocycles. The Morgan fingerprint density at radius 1 is 1.10 bits per heavy atom. The van der Waals surface area contributed by atoms with Gasteiger partial charge in [0.1, 0.15) is 11.7 Å². The Bertz CT molecular complexity index is 1030. The molecule has 1 aliphatic carbocycles. The van der Waals surface area contributed by atoms with Crippen molar-refractivity contribution in [3.8, 4) is 0 Å². The van der Waals surface area contributed by atoms with Crippen LogP contribution < -0.4 is 10.6 Å². The van der Waals surface area contributed by atoms with Crippen molar-refractivity contribution < 1.29 is 9.50 Å². The summed E-state index contributed by atoms with van der Waals surface area (Å²) in [5.74, 6) is 0.631. The van der Waals surface area contributed by atoms with E-state index in [4.69, 9.17) is 10.7 Å². The summed E-state index contributed by atoms with van der Waals surface area (Å²) in [6, 6.07) is 22.3. The van der Waals surface area contributed by atoms with Crippen LogP contribution >= 0.6 is 0 Å². The van der Waals surface area contributed by atoms with Gasteiger partial charge in [0.2, 0.25) is 0 Å². The van der Waals surface area contributed by atoms with E-state index in [-0.39, 0.29) is 11.9 Å². The molecule has 2 atom stereocenters. The van der Waals surface area contributed by atoms with Crippen molar-refractivity contribution in [2.24, 2.45) is 10.7 Å². The molecule has 1 aliphatic rings. The number of hydrogen-bond donors (Lipinski definition) is 2. The maximum absolute atomic E-state index is 13.2. The lowest BCUT2D eigenvalue weighted by molar-refractivity contribution is 0.158. The van der Waals surface area contributed by atoms with Gasteiger partial charge in [-0.3, -0.25) is 0 Å². The average Bonchev–Trinajstić information content (AvgIpc) is 3.04. The van der Waals surface area contributed by atoms with Gasteiger partial charge in [-0.25, -0.2) is 9.38 Å². The predicted octanol–water partition coefficient (Wildman–Crippen LogP) is 4.54. The first-order chi connectivity index (χ1) is 14.5. The van der Waals surface area contributed by atoms with Gasteiger partial charge in [-0.1, -0.05) is 36.4 Å². The highest BCUT2D eigenvalue weighted by Gasteiger charge is 2.28. The van der Waals surface area contributed by atoms with Gasteiger partial charge in [-0.05, 0) is 66.4 Å². The second-order valence-corrected chi connectivity index (χ2v) is 7.70. The number of amidine groups is 1. The van der Waals surface area contributed by atoms with Crippen LogP contribution in [0.3, 0.4) is 0 Å². The molecule has 0 amide bonds. The van der Waals surface area contributed by atoms with Crippen LogP contribution in [0.15, 0.2) is 77.8 Å². The minimum atomic E-state index is -0.531. The van der Waals surface area contributed by atoms with Gasteiger partial charge in [-0.2, -0.15) is 0 Å². The van der Waals surface area contributed by atoms with Crippen molar-refractivity contribution in [1.82, 2.24) is 0 Å². The zero-order valence-corrected chi connectivity index (χ0v) is 17.0. The highest BCUT2D eigenvalue weighted by molar-refractivity contribution is 5.97. The molecule has 0 bridgehead atoms. The number of aliphatic hydroxyl groups excluding tert-OH is 1. The number of aliphatic imine (C=N–C) groups is 1. The Morgan fingerprint density at radius 3 is 2.57 bits per heavy atom. The second kappa shape index (κ2) is 8.78. The van der Waals surface area contributed by atoms with Crippen molar-refractivity contribution in [3.63, 3.8) is 0 Å². The van der Waals surface area contributed by atoms with Gasteiger partial charge < -0.3 is 15.7 Å². The van der Waals surface area contributed by atoms with Crippen LogP contribution in [0.25, 0.3) is 0 Å². The van der Waals surface area contributed by atoms with Crippen molar-refractivity contribution in [3.05, 3.63) is 95.3 Å². The first kappa shape index (κ1) is 20.3. The molecule has 3 aromatic rings. The standard InChI is InChI=1S/C25H26FN3O/c1-17(28-21-12-9-19-15-24(30)25(27)23(19)16-21)29(22-5-3-2-4-6-22)14-13-18-7-10-20(26)11-8-18/h2-12,16,24-25,30H,13-15,27H2,1H3/t24-,25-/m1/s1. The molecule has 0 unspecified atom stereocenters. The fourth-order valence-corrected chi connectivity index (χ4v) is 3.93. The first-order valence-corrected chi connectivity index (χ1v) is 10.2. The Kier molecular flexibility index (Phi) is 5.93. The Morgan fingerprint density at radius 2 is 1.83 bits per heavy atom. The number of para-hydroxylation sites is 1. The molecule has 0 aromatic heterocycles. The number of fused-ring (bicyclic) bond motifs is 1. The van der Waals surface area contributed by atoms with E-state index in [0.29, 0.717) is 13.0 Å². The van der Waals surface area contributed by atoms with Crippen molar-refractivity contribution in [1.29, 1.82) is 0 Å². The second-order valence-electron chi connectivity index (χ2n) is 7.70. The third-order valence-corrected chi connectivity index (χ3v) is 5.62. The molecular weight excluding hydrogens is 377 g/mol. The molecule has 0 aliphatic heterocycles. The molecule has 0 heterocycles. The normalized spacial score (nSPS) is 18.3. The minimum Gasteiger partial charge on any atom is -0.391 e. The van der Waals surface area contributed by atoms with E-state index < -0.39 is 6.10 Å². The minimum absolute atomic E-state index is 0.226. The number of hydrogen-bond acceptors (Lipinski definition) is 3. The number of benzene rings is 3. The number of nitrogens with zero attached hydrogens (tertiary/aromatic N) is 2. The molecule has 4 rings (SSSR count). The van der Waals surface area contributed by atoms with Gasteiger partial charge in [0, 0.05) is 18.7 Å². The molecule has 0 saturated carbocycles. The Labute approximate surface area is 176 Å². The number of halogens is 1. The number of nitrogens with two attached hydrogens (primary N) is 1. The summed E-state index contributed by atoms with van der Waals surface area (Å²) in [6.45, 7) is 2.70. The maximum Gasteiger partial charge on any atom is 0.123 e. The maximum atomic E-state index is 13.2. The number of anilines is 1. The van der Waals surface area contributed by atoms with Crippen LogP contribution in [0.2, 0.25) is 0 Å². The van der Waals surface area contributed by atoms with Gasteiger partial charge in [0.15, 0.2) is 0 Å². The highest BCUT2D eigenvalue weighted by Crippen LogP contribution is 2.32. The van der Waals surface area contributed by atoms with Crippen LogP contribution in [-0.4, -0.2) is 23.6 Å². The highest BCUT2D eigenvalue weighted by atomic mass is 19.1. The van der Waals surface area contributed by atoms with Gasteiger partial charge >= 0.3 is 0 Å². The van der Waals surface area contributed by atoms with E-state index in [1.165, 1.54) is 12.1 Å². The largest absolute Gasteiger partial charge is 0.391 e. The zero-order chi connectivity index (χ0) is 21.1. The molecule has 3 aromatic carbocycles. The molecule has 3 N–H and O–H groups in total. The Hall–Kier alpha value is -3.02. The van der Waals surface area contributed by atoms with Gasteiger partial charge in [-0.15, -0.1) is 0 Å². The lowest BCUT2D eigenvalue weighted by Crippen LogP contribution is -2.30. The van der Waals surface area contributed by atoms with Crippen molar-refractivity contribution in [2.75, 3.05) is 11.4 Å². The van der Waals surface area contributed by atoms with E-state index in [1.54, 1.807) is 0 Å². The van der Waals surface area contributed by atoms with Crippen molar-refractivity contribution in [2.45, 2.75) is 31.9 Å². The summed E-state index contributed by atoms with van der Waals surface area (Å²) in [5, 5.41) is 10.0. The predicted molar refractivity (Wildman–Crippen MR) is 120 cm³/mol. The molecule has 154 valence electrons. The summed E-state index contributed by atoms with van der Waals surface area (Å²) in [5.41, 5.74) is 11.1. The zero-order valence-electron chi connectivity index (χ0n) is 17.0. The quantitative estimate of drug-likeness (QED) is 0.486. The van der Waals surface area contributed by atoms with Gasteiger partial charge in [0.25, 0.3) is 0 Å². The summed E-state index contributed by atoms with van der Waals surface area (Å²) in [6.07, 6.45) is 0.827. The fraction of sp³-hybridized carbons (Fsp3) is 0.240. The molecule has 0 fully saturated rings. The number of aliphatic hydroxyl groups is 1. The lowest BCUT2D eigenvalue weighted by Gasteiger charge is -2.25. The Balaban J connectivity index is 1.59. The van der Waals surface area contributed by atoms with Crippen molar-refractivity contribution >= 4 is 17.2 Å². The molecule has 0 radical (unpaired) electrons. The van der Waals surface area contributed by atoms with E-state index in [2.05, 4.69) is 17.0 Å². The van der Waals surface area contributed by atoms with Crippen LogP contribution in [0, 0.1) is 5.82 Å². The summed E-state index contributed by atoms with van der Waals surface area (Å²) < 4.78 is 13.2. The van der Waals surface area contributed by atoms with E-state index in [1.807, 2.05) is 55.5 Å². The monoisotopic (exact) mass is 403 g/mol. The smallest absolute Gasteiger partial charge is 0.123 e. The fourth-order valence-electron chi connectivity index (χ4n) is 3.93. The van der Waals surface area contributed by atoms with E-state index >= 15 is 0 Å². The third-order valence-electron chi connectivity index (χ3n) is 5.62. The number of rotatable bonds is 5. The molecule has 30 heavy (non-hydrogen) atoms. The van der Waals surface area contributed by atoms with E-state index in [0.717, 1.165) is 40.3 Å². The third kappa shape index (κ3) is 4.42. The molecule has 0 spiro atoms. The molecule has 5 heteroatoms. The van der Waals surface area contributed by atoms with E-state index in [9.17, 15) is 9.50 Å². The summed E-state index contributed by atoms with van der Waals surface area (Å²) in [4.78, 5) is 7.00. The molecule has 4 nitrogen and oxygen atoms in total. The summed E-state index contributed by atoms with van der Waals surface area (Å²) >= 11 is 0. The first-order valence-electron chi connectivity index (χ1n) is 10.2. The lowest BCUT2D eigenvalue weighted by atomic mass is 10.1. The van der Waals surface area contributed by atoms with Crippen LogP contribution in [0.4, 0.5) is 15.8 Å². The SMILES string of the molecule is CC(=Nc1ccc2c(c1)[C@@H](N)[C@H](O)C2)N(CCc1ccc(F)cc1)c1ccccc1. The topological polar surface area (TPSA) is 61.9 Å². The van der Waals surface area contributed by atoms with Crippen LogP contribution in [0.1, 0.15) is 29.7 Å².